The lowest BCUT2D eigenvalue weighted by molar-refractivity contribution is 0.939. The van der Waals surface area contributed by atoms with Crippen molar-refractivity contribution in [1.82, 2.24) is 19.9 Å². The number of hydrogen-bond acceptors (Lipinski definition) is 4. The van der Waals surface area contributed by atoms with Gasteiger partial charge in [-0.15, -0.1) is 5.92 Å². The SMILES string of the molecule is C=C(N/C(=C\CC)C(=NC)c1cccc(C#CC)c1)c1cnn2cccnc12. The molecule has 0 unspecified atom stereocenters. The van der Waals surface area contributed by atoms with Crippen LogP contribution in [-0.4, -0.2) is 27.4 Å². The molecule has 0 atom stereocenters. The highest BCUT2D eigenvalue weighted by Gasteiger charge is 2.14. The standard InChI is InChI=1S/C23H23N5/c1-5-9-18-11-7-12-19(15-18)22(24-4)21(10-6-2)27-17(3)20-16-26-28-14-8-13-25-23(20)28/h7-8,10-16,27H,3,6H2,1-2,4H3/b21-10-,24-22?. The van der Waals surface area contributed by atoms with Crippen molar-refractivity contribution in [3.8, 4) is 11.8 Å². The predicted octanol–water partition coefficient (Wildman–Crippen LogP) is 4.07. The molecule has 3 aromatic rings. The Kier molecular flexibility index (Phi) is 6.03. The molecule has 0 aliphatic heterocycles. The fourth-order valence-corrected chi connectivity index (χ4v) is 2.97. The van der Waals surface area contributed by atoms with Crippen LogP contribution in [0.15, 0.2) is 72.3 Å². The van der Waals surface area contributed by atoms with Gasteiger partial charge >= 0.3 is 0 Å². The summed E-state index contributed by atoms with van der Waals surface area (Å²) in [5.74, 6) is 6.04. The quantitative estimate of drug-likeness (QED) is 0.526. The zero-order valence-corrected chi connectivity index (χ0v) is 16.4. The summed E-state index contributed by atoms with van der Waals surface area (Å²) in [6.45, 7) is 8.13. The van der Waals surface area contributed by atoms with Gasteiger partial charge in [-0.1, -0.05) is 37.6 Å². The minimum Gasteiger partial charge on any atom is -0.354 e. The summed E-state index contributed by atoms with van der Waals surface area (Å²) in [4.78, 5) is 8.94. The van der Waals surface area contributed by atoms with E-state index in [0.29, 0.717) is 0 Å². The molecule has 28 heavy (non-hydrogen) atoms. The fourth-order valence-electron chi connectivity index (χ4n) is 2.97. The molecule has 2 heterocycles. The molecule has 0 amide bonds. The molecule has 0 saturated carbocycles. The van der Waals surface area contributed by atoms with E-state index in [-0.39, 0.29) is 0 Å². The third-order valence-corrected chi connectivity index (χ3v) is 4.18. The number of aromatic nitrogens is 3. The molecular weight excluding hydrogens is 346 g/mol. The fraction of sp³-hybridized carbons (Fsp3) is 0.174. The van der Waals surface area contributed by atoms with Gasteiger partial charge in [-0.05, 0) is 31.5 Å². The van der Waals surface area contributed by atoms with Gasteiger partial charge in [0.05, 0.1) is 23.2 Å². The van der Waals surface area contributed by atoms with Gasteiger partial charge in [0, 0.05) is 36.3 Å². The van der Waals surface area contributed by atoms with E-state index in [1.54, 1.807) is 24.0 Å². The van der Waals surface area contributed by atoms with E-state index in [9.17, 15) is 0 Å². The Bertz CT molecular complexity index is 1120. The second-order valence-corrected chi connectivity index (χ2v) is 6.10. The highest BCUT2D eigenvalue weighted by atomic mass is 15.2. The molecule has 1 N–H and O–H groups in total. The maximum absolute atomic E-state index is 4.54. The summed E-state index contributed by atoms with van der Waals surface area (Å²) < 4.78 is 1.73. The van der Waals surface area contributed by atoms with E-state index >= 15 is 0 Å². The van der Waals surface area contributed by atoms with E-state index in [2.05, 4.69) is 51.8 Å². The Morgan fingerprint density at radius 2 is 2.21 bits per heavy atom. The van der Waals surface area contributed by atoms with Crippen LogP contribution in [0.5, 0.6) is 0 Å². The third kappa shape index (κ3) is 4.02. The minimum absolute atomic E-state index is 0.721. The molecule has 0 aliphatic rings. The van der Waals surface area contributed by atoms with E-state index in [1.165, 1.54) is 0 Å². The van der Waals surface area contributed by atoms with Gasteiger partial charge in [-0.2, -0.15) is 5.10 Å². The lowest BCUT2D eigenvalue weighted by Gasteiger charge is -2.15. The van der Waals surface area contributed by atoms with E-state index in [1.807, 2.05) is 43.5 Å². The first-order chi connectivity index (χ1) is 13.7. The zero-order chi connectivity index (χ0) is 19.9. The molecule has 0 spiro atoms. The molecule has 3 rings (SSSR count). The van der Waals surface area contributed by atoms with Crippen LogP contribution >= 0.6 is 0 Å². The Hall–Kier alpha value is -3.65. The Morgan fingerprint density at radius 1 is 1.36 bits per heavy atom. The van der Waals surface area contributed by atoms with Crippen molar-refractivity contribution in [3.63, 3.8) is 0 Å². The minimum atomic E-state index is 0.721. The summed E-state index contributed by atoms with van der Waals surface area (Å²) in [5.41, 5.74) is 6.04. The van der Waals surface area contributed by atoms with E-state index in [0.717, 1.165) is 45.9 Å². The molecule has 5 heteroatoms. The van der Waals surface area contributed by atoms with Gasteiger partial charge in [0.2, 0.25) is 0 Å². The summed E-state index contributed by atoms with van der Waals surface area (Å²) in [7, 11) is 1.79. The molecule has 2 aromatic heterocycles. The van der Waals surface area contributed by atoms with Gasteiger partial charge in [-0.3, -0.25) is 4.99 Å². The highest BCUT2D eigenvalue weighted by molar-refractivity contribution is 6.13. The van der Waals surface area contributed by atoms with Crippen molar-refractivity contribution < 1.29 is 0 Å². The van der Waals surface area contributed by atoms with Crippen LogP contribution in [0.2, 0.25) is 0 Å². The first-order valence-electron chi connectivity index (χ1n) is 9.13. The first kappa shape index (κ1) is 19.1. The number of nitrogens with zero attached hydrogens (tertiary/aromatic N) is 4. The van der Waals surface area contributed by atoms with Crippen LogP contribution in [0, 0.1) is 11.8 Å². The number of allylic oxidation sites excluding steroid dienone is 2. The number of nitrogens with one attached hydrogen (secondary N) is 1. The summed E-state index contributed by atoms with van der Waals surface area (Å²) >= 11 is 0. The average Bonchev–Trinajstić information content (AvgIpc) is 3.13. The highest BCUT2D eigenvalue weighted by Crippen LogP contribution is 2.18. The molecule has 140 valence electrons. The van der Waals surface area contributed by atoms with E-state index < -0.39 is 0 Å². The van der Waals surface area contributed by atoms with Gasteiger partial charge < -0.3 is 5.32 Å². The Morgan fingerprint density at radius 3 is 2.96 bits per heavy atom. The maximum atomic E-state index is 4.54. The first-order valence-corrected chi connectivity index (χ1v) is 9.13. The molecule has 0 saturated heterocycles. The summed E-state index contributed by atoms with van der Waals surface area (Å²) in [6, 6.07) is 9.91. The van der Waals surface area contributed by atoms with Gasteiger partial charge in [0.25, 0.3) is 0 Å². The average molecular weight is 369 g/mol. The Balaban J connectivity index is 1.94. The summed E-state index contributed by atoms with van der Waals surface area (Å²) in [5, 5.41) is 7.76. The van der Waals surface area contributed by atoms with Crippen LogP contribution in [0.1, 0.15) is 37.0 Å². The zero-order valence-electron chi connectivity index (χ0n) is 16.4. The summed E-state index contributed by atoms with van der Waals surface area (Å²) in [6.07, 6.45) is 8.33. The number of fused-ring (bicyclic) bond motifs is 1. The maximum Gasteiger partial charge on any atom is 0.164 e. The van der Waals surface area contributed by atoms with Crippen LogP contribution in [0.25, 0.3) is 11.3 Å². The van der Waals surface area contributed by atoms with Crippen molar-refractivity contribution >= 4 is 17.1 Å². The molecule has 0 aliphatic carbocycles. The number of benzene rings is 1. The normalized spacial score (nSPS) is 11.8. The molecule has 1 aromatic carbocycles. The lowest BCUT2D eigenvalue weighted by atomic mass is 10.0. The molecule has 0 bridgehead atoms. The van der Waals surface area contributed by atoms with Crippen molar-refractivity contribution in [2.75, 3.05) is 7.05 Å². The van der Waals surface area contributed by atoms with Crippen LogP contribution in [0.4, 0.5) is 0 Å². The smallest absolute Gasteiger partial charge is 0.164 e. The largest absolute Gasteiger partial charge is 0.354 e. The van der Waals surface area contributed by atoms with Gasteiger partial charge in [-0.25, -0.2) is 9.50 Å². The molecular formula is C23H23N5. The van der Waals surface area contributed by atoms with Crippen molar-refractivity contribution in [3.05, 3.63) is 84.0 Å². The molecule has 0 radical (unpaired) electrons. The predicted molar refractivity (Wildman–Crippen MR) is 115 cm³/mol. The lowest BCUT2D eigenvalue weighted by Crippen LogP contribution is -2.20. The van der Waals surface area contributed by atoms with Crippen LogP contribution < -0.4 is 5.32 Å². The second-order valence-electron chi connectivity index (χ2n) is 6.10. The monoisotopic (exact) mass is 369 g/mol. The topological polar surface area (TPSA) is 54.6 Å². The van der Waals surface area contributed by atoms with Crippen molar-refractivity contribution in [1.29, 1.82) is 0 Å². The van der Waals surface area contributed by atoms with Gasteiger partial charge in [0.15, 0.2) is 5.65 Å². The van der Waals surface area contributed by atoms with Crippen LogP contribution in [-0.2, 0) is 0 Å². The molecule has 0 fully saturated rings. The second kappa shape index (κ2) is 8.83. The van der Waals surface area contributed by atoms with Gasteiger partial charge in [0.1, 0.15) is 0 Å². The third-order valence-electron chi connectivity index (χ3n) is 4.18. The molecule has 5 nitrogen and oxygen atoms in total. The van der Waals surface area contributed by atoms with Crippen LogP contribution in [0.3, 0.4) is 0 Å². The number of hydrogen-bond donors (Lipinski definition) is 1. The number of rotatable bonds is 6. The Labute approximate surface area is 165 Å². The van der Waals surface area contributed by atoms with Crippen molar-refractivity contribution in [2.45, 2.75) is 20.3 Å². The number of aliphatic imine (C=N–C) groups is 1. The van der Waals surface area contributed by atoms with E-state index in [4.69, 9.17) is 0 Å². The van der Waals surface area contributed by atoms with Crippen molar-refractivity contribution in [2.24, 2.45) is 4.99 Å².